The summed E-state index contributed by atoms with van der Waals surface area (Å²) >= 11 is 0. The molecule has 0 bridgehead atoms. The first-order valence-electron chi connectivity index (χ1n) is 0.569. The van der Waals surface area contributed by atoms with Crippen LogP contribution in [0.15, 0.2) is 0 Å². The lowest BCUT2D eigenvalue weighted by molar-refractivity contribution is -0.106. The van der Waals surface area contributed by atoms with Gasteiger partial charge in [0.05, 0.1) is 0 Å². The molecule has 6 nitrogen and oxygen atoms in total. The van der Waals surface area contributed by atoms with Gasteiger partial charge in [0, 0.05) is 0 Å². The smallest absolute Gasteiger partial charge is 0.204 e. The molecule has 7 heteroatoms. The van der Waals surface area contributed by atoms with Crippen LogP contribution in [0, 0.1) is 0 Å². The number of halogens is 1. The van der Waals surface area contributed by atoms with Crippen molar-refractivity contribution in [1.82, 2.24) is 0 Å². The summed E-state index contributed by atoms with van der Waals surface area (Å²) in [4.78, 5) is 8.58. The third-order valence-electron chi connectivity index (χ3n) is 0. The molecule has 0 saturated heterocycles. The minimum absolute atomic E-state index is 0. The predicted molar refractivity (Wildman–Crippen MR) is 32.0 cm³/mol. The Bertz CT molecular complexity index is 19.9. The summed E-state index contributed by atoms with van der Waals surface area (Å²) in [7, 11) is 0. The van der Waals surface area contributed by atoms with Crippen LogP contribution in [-0.2, 0) is 4.79 Å². The Hall–Kier alpha value is -0.400. The minimum Gasteiger partial charge on any atom is -0.412 e. The molecule has 10 N–H and O–H groups in total. The summed E-state index contributed by atoms with van der Waals surface area (Å²) in [5.41, 5.74) is 4.17. The van der Waals surface area contributed by atoms with Gasteiger partial charge in [0.15, 0.2) is 0 Å². The van der Waals surface area contributed by atoms with Gasteiger partial charge in [0.2, 0.25) is 6.41 Å². The molecule has 0 aliphatic rings. The molecular formula is CH12ClNO5. The van der Waals surface area contributed by atoms with E-state index in [2.05, 4.69) is 5.73 Å². The van der Waals surface area contributed by atoms with Gasteiger partial charge in [-0.05, 0) is 0 Å². The highest BCUT2D eigenvalue weighted by Gasteiger charge is 1.19. The highest BCUT2D eigenvalue weighted by molar-refractivity contribution is 5.85. The predicted octanol–water partition coefficient (Wildman–Crippen LogP) is -3.78. The van der Waals surface area contributed by atoms with Crippen molar-refractivity contribution in [1.29, 1.82) is 0 Å². The van der Waals surface area contributed by atoms with E-state index < -0.39 is 0 Å². The van der Waals surface area contributed by atoms with Crippen LogP contribution in [0.4, 0.5) is 0 Å². The van der Waals surface area contributed by atoms with Crippen molar-refractivity contribution < 1.29 is 26.7 Å². The van der Waals surface area contributed by atoms with E-state index in [-0.39, 0.29) is 40.7 Å². The fourth-order valence-electron chi connectivity index (χ4n) is 0. The van der Waals surface area contributed by atoms with Crippen molar-refractivity contribution in [2.24, 2.45) is 5.73 Å². The molecule has 0 aromatic heterocycles. The Kier molecular flexibility index (Phi) is 9290. The van der Waals surface area contributed by atoms with E-state index in [1.807, 2.05) is 0 Å². The van der Waals surface area contributed by atoms with Crippen LogP contribution in [0.3, 0.4) is 0 Å². The molecule has 0 radical (unpaired) electrons. The summed E-state index contributed by atoms with van der Waals surface area (Å²) in [5, 5.41) is 0. The first-order chi connectivity index (χ1) is 1.41. The van der Waals surface area contributed by atoms with Crippen LogP contribution >= 0.6 is 12.4 Å². The topological polar surface area (TPSA) is 169 Å². The van der Waals surface area contributed by atoms with Gasteiger partial charge in [0.1, 0.15) is 0 Å². The van der Waals surface area contributed by atoms with Crippen LogP contribution in [0.25, 0.3) is 0 Å². The second kappa shape index (κ2) is 575. The number of hydrogen-bond donors (Lipinski definition) is 1. The molecule has 0 unspecified atom stereocenters. The fourth-order valence-corrected chi connectivity index (χ4v) is 0. The van der Waals surface area contributed by atoms with Gasteiger partial charge in [-0.25, -0.2) is 0 Å². The molecule has 0 heterocycles. The van der Waals surface area contributed by atoms with E-state index in [0.717, 1.165) is 0 Å². The van der Waals surface area contributed by atoms with Crippen molar-refractivity contribution in [2.45, 2.75) is 0 Å². The average Bonchev–Trinajstić information content (AvgIpc) is 0.918. The van der Waals surface area contributed by atoms with Crippen molar-refractivity contribution in [3.8, 4) is 0 Å². The van der Waals surface area contributed by atoms with E-state index in [1.165, 1.54) is 0 Å². The highest BCUT2D eigenvalue weighted by Crippen LogP contribution is 0.799. The summed E-state index contributed by atoms with van der Waals surface area (Å²) in [6.45, 7) is 0. The Morgan fingerprint density at radius 2 is 1.00 bits per heavy atom. The second-order valence-corrected chi connectivity index (χ2v) is 0.136. The second-order valence-electron chi connectivity index (χ2n) is 0.136. The van der Waals surface area contributed by atoms with E-state index in [0.29, 0.717) is 0 Å². The standard InChI is InChI=1S/CH3NO.ClH.4H2O/c2-1-3;;;;;/h1H,(H2,2,3);1H;4*1H2. The van der Waals surface area contributed by atoms with Gasteiger partial charge in [-0.1, -0.05) is 0 Å². The van der Waals surface area contributed by atoms with Crippen molar-refractivity contribution in [3.63, 3.8) is 0 Å². The Labute approximate surface area is 52.3 Å². The third-order valence-corrected chi connectivity index (χ3v) is 0. The summed E-state index contributed by atoms with van der Waals surface area (Å²) in [5.74, 6) is 0. The number of hydrogen-bond acceptors (Lipinski definition) is 1. The van der Waals surface area contributed by atoms with Gasteiger partial charge in [-0.2, -0.15) is 0 Å². The Balaban J connectivity index is -0.00000000200. The van der Waals surface area contributed by atoms with Crippen molar-refractivity contribution >= 4 is 18.8 Å². The van der Waals surface area contributed by atoms with Gasteiger partial charge in [-0.15, -0.1) is 12.4 Å². The van der Waals surface area contributed by atoms with Crippen LogP contribution in [0.2, 0.25) is 0 Å². The summed E-state index contributed by atoms with van der Waals surface area (Å²) in [6.07, 6.45) is 0.250. The molecule has 8 heavy (non-hydrogen) atoms. The number of rotatable bonds is 0. The molecule has 0 aliphatic heterocycles. The van der Waals surface area contributed by atoms with Crippen LogP contribution in [-0.4, -0.2) is 28.3 Å². The molecule has 0 spiro atoms. The molecule has 0 aliphatic carbocycles. The fraction of sp³-hybridized carbons (Fsp3) is 0. The molecule has 0 fully saturated rings. The molecule has 0 saturated carbocycles. The Morgan fingerprint density at radius 1 is 1.00 bits per heavy atom. The van der Waals surface area contributed by atoms with Crippen LogP contribution in [0.5, 0.6) is 0 Å². The van der Waals surface area contributed by atoms with E-state index in [4.69, 9.17) is 4.79 Å². The molecule has 58 valence electrons. The maximum absolute atomic E-state index is 8.58. The van der Waals surface area contributed by atoms with Crippen LogP contribution in [0.1, 0.15) is 0 Å². The molecule has 0 rings (SSSR count). The normalized spacial score (nSPS) is 1.50. The lowest BCUT2D eigenvalue weighted by Gasteiger charge is -1.32. The number of amides is 1. The molecule has 0 aromatic rings. The number of primary amides is 1. The molecular weight excluding hydrogens is 141 g/mol. The highest BCUT2D eigenvalue weighted by atomic mass is 35.5. The first-order valence-corrected chi connectivity index (χ1v) is 0.569. The van der Waals surface area contributed by atoms with Gasteiger partial charge < -0.3 is 27.6 Å². The molecule has 0 aromatic carbocycles. The van der Waals surface area contributed by atoms with Crippen molar-refractivity contribution in [3.05, 3.63) is 0 Å². The lowest BCUT2D eigenvalue weighted by Crippen LogP contribution is -1.82. The Morgan fingerprint density at radius 3 is 1.00 bits per heavy atom. The van der Waals surface area contributed by atoms with E-state index in [1.54, 1.807) is 0 Å². The number of nitrogens with two attached hydrogens (primary N) is 1. The zero-order chi connectivity index (χ0) is 2.71. The van der Waals surface area contributed by atoms with Gasteiger partial charge in [0.25, 0.3) is 0 Å². The average molecular weight is 154 g/mol. The quantitative estimate of drug-likeness (QED) is 0.347. The molecule has 1 amide bonds. The summed E-state index contributed by atoms with van der Waals surface area (Å²) in [6, 6.07) is 0. The first kappa shape index (κ1) is 129. The minimum atomic E-state index is 0. The largest absolute Gasteiger partial charge is 0.412 e. The van der Waals surface area contributed by atoms with Gasteiger partial charge >= 0.3 is 0 Å². The zero-order valence-corrected chi connectivity index (χ0v) is 4.79. The number of carbonyl (C=O) groups is 1. The monoisotopic (exact) mass is 153 g/mol. The van der Waals surface area contributed by atoms with Crippen LogP contribution < -0.4 is 5.73 Å². The maximum Gasteiger partial charge on any atom is 0.204 e. The SMILES string of the molecule is Cl.NC=O.O.O.O.O. The zero-order valence-electron chi connectivity index (χ0n) is 3.97. The summed E-state index contributed by atoms with van der Waals surface area (Å²) < 4.78 is 0. The number of carbonyl (C=O) groups excluding carboxylic acids is 1. The van der Waals surface area contributed by atoms with Gasteiger partial charge in [-0.3, -0.25) is 4.79 Å². The van der Waals surface area contributed by atoms with E-state index >= 15 is 0 Å². The lowest BCUT2D eigenvalue weighted by atomic mass is 11.5. The molecule has 0 atom stereocenters. The van der Waals surface area contributed by atoms with E-state index in [9.17, 15) is 0 Å². The third kappa shape index (κ3) is 741. The maximum atomic E-state index is 8.58. The van der Waals surface area contributed by atoms with Crippen molar-refractivity contribution in [2.75, 3.05) is 0 Å².